The molecule has 1 aromatic carbocycles. The fourth-order valence-electron chi connectivity index (χ4n) is 5.09. The molecule has 2 amide bonds. The molecule has 1 aliphatic rings. The van der Waals surface area contributed by atoms with Gasteiger partial charge in [0, 0.05) is 36.7 Å². The molecule has 1 saturated carbocycles. The minimum absolute atomic E-state index is 0.0485. The van der Waals surface area contributed by atoms with Gasteiger partial charge in [-0.25, -0.2) is 4.39 Å². The van der Waals surface area contributed by atoms with Crippen molar-refractivity contribution in [1.82, 2.24) is 9.55 Å². The molecule has 3 N–H and O–H groups in total. The van der Waals surface area contributed by atoms with Crippen LogP contribution in [0.1, 0.15) is 57.7 Å². The lowest BCUT2D eigenvalue weighted by molar-refractivity contribution is -0.115. The van der Waals surface area contributed by atoms with Crippen molar-refractivity contribution < 1.29 is 23.9 Å². The van der Waals surface area contributed by atoms with Crippen molar-refractivity contribution in [2.24, 2.45) is 12.8 Å². The molecule has 0 saturated heterocycles. The zero-order chi connectivity index (χ0) is 26.1. The Kier molecular flexibility index (Phi) is 7.03. The number of aliphatic hydroxyl groups is 1. The Balaban J connectivity index is 1.82. The number of rotatable bonds is 6. The number of pyridine rings is 1. The fourth-order valence-corrected chi connectivity index (χ4v) is 5.09. The Bertz CT molecular complexity index is 1330. The zero-order valence-electron chi connectivity index (χ0n) is 20.5. The average molecular weight is 493 g/mol. The number of halogens is 1. The molecular formula is C27H29FN4O4. The summed E-state index contributed by atoms with van der Waals surface area (Å²) in [7, 11) is 1.60. The number of ketones is 1. The number of primary amides is 1. The van der Waals surface area contributed by atoms with Crippen LogP contribution in [-0.2, 0) is 11.8 Å². The number of amides is 2. The van der Waals surface area contributed by atoms with Crippen LogP contribution in [0.25, 0.3) is 11.3 Å². The van der Waals surface area contributed by atoms with E-state index < -0.39 is 29.5 Å². The first-order valence-electron chi connectivity index (χ1n) is 11.8. The lowest BCUT2D eigenvalue weighted by Gasteiger charge is -2.35. The molecule has 188 valence electrons. The lowest BCUT2D eigenvalue weighted by Crippen LogP contribution is -2.47. The number of carbonyl (C=O) groups is 3. The number of benzene rings is 1. The maximum absolute atomic E-state index is 14.0. The molecule has 0 spiro atoms. The number of aliphatic hydroxyl groups excluding tert-OH is 1. The van der Waals surface area contributed by atoms with Crippen LogP contribution in [0, 0.1) is 19.7 Å². The van der Waals surface area contributed by atoms with Gasteiger partial charge in [-0.2, -0.15) is 0 Å². The highest BCUT2D eigenvalue weighted by Crippen LogP contribution is 2.33. The van der Waals surface area contributed by atoms with Crippen molar-refractivity contribution in [1.29, 1.82) is 0 Å². The van der Waals surface area contributed by atoms with E-state index in [0.29, 0.717) is 53.8 Å². The molecule has 9 heteroatoms. The van der Waals surface area contributed by atoms with E-state index in [1.807, 2.05) is 0 Å². The number of aryl methyl sites for hydroxylation is 1. The van der Waals surface area contributed by atoms with Crippen LogP contribution in [0.15, 0.2) is 42.7 Å². The van der Waals surface area contributed by atoms with E-state index in [2.05, 4.69) is 4.98 Å². The number of hydrogen-bond acceptors (Lipinski definition) is 5. The van der Waals surface area contributed by atoms with Crippen LogP contribution in [0.5, 0.6) is 0 Å². The summed E-state index contributed by atoms with van der Waals surface area (Å²) in [4.78, 5) is 45.5. The molecule has 1 fully saturated rings. The molecule has 4 rings (SSSR count). The van der Waals surface area contributed by atoms with Gasteiger partial charge in [0.15, 0.2) is 0 Å². The molecule has 0 aliphatic heterocycles. The summed E-state index contributed by atoms with van der Waals surface area (Å²) >= 11 is 0. The van der Waals surface area contributed by atoms with Crippen LogP contribution in [-0.4, -0.2) is 44.4 Å². The molecule has 0 radical (unpaired) electrons. The molecule has 2 aromatic heterocycles. The summed E-state index contributed by atoms with van der Waals surface area (Å²) in [5.74, 6) is -2.73. The van der Waals surface area contributed by atoms with Crippen LogP contribution in [0.3, 0.4) is 0 Å². The minimum Gasteiger partial charge on any atom is -0.393 e. The topological polar surface area (TPSA) is 119 Å². The second kappa shape index (κ2) is 10.0. The lowest BCUT2D eigenvalue weighted by atomic mass is 9.91. The molecule has 2 heterocycles. The smallest absolute Gasteiger partial charge is 0.301 e. The normalized spacial score (nSPS) is 17.6. The number of anilines is 1. The van der Waals surface area contributed by atoms with Crippen molar-refractivity contribution in [3.8, 4) is 11.3 Å². The van der Waals surface area contributed by atoms with E-state index >= 15 is 0 Å². The third-order valence-corrected chi connectivity index (χ3v) is 6.90. The second-order valence-corrected chi connectivity index (χ2v) is 9.26. The van der Waals surface area contributed by atoms with Crippen molar-refractivity contribution in [3.63, 3.8) is 0 Å². The van der Waals surface area contributed by atoms with Gasteiger partial charge in [0.25, 0.3) is 11.7 Å². The molecule has 8 nitrogen and oxygen atoms in total. The molecular weight excluding hydrogens is 463 g/mol. The summed E-state index contributed by atoms with van der Waals surface area (Å²) in [6, 6.07) is 7.39. The summed E-state index contributed by atoms with van der Waals surface area (Å²) in [6.07, 6.45) is 4.65. The first-order chi connectivity index (χ1) is 17.1. The van der Waals surface area contributed by atoms with Crippen LogP contribution < -0.4 is 10.6 Å². The molecule has 0 unspecified atom stereocenters. The average Bonchev–Trinajstić information content (AvgIpc) is 3.12. The van der Waals surface area contributed by atoms with E-state index in [4.69, 9.17) is 5.73 Å². The van der Waals surface area contributed by atoms with Gasteiger partial charge in [-0.3, -0.25) is 19.4 Å². The van der Waals surface area contributed by atoms with Crippen molar-refractivity contribution >= 4 is 23.3 Å². The van der Waals surface area contributed by atoms with E-state index in [9.17, 15) is 23.9 Å². The molecule has 0 atom stereocenters. The monoisotopic (exact) mass is 492 g/mol. The minimum atomic E-state index is -0.805. The highest BCUT2D eigenvalue weighted by atomic mass is 19.1. The van der Waals surface area contributed by atoms with Crippen molar-refractivity contribution in [3.05, 3.63) is 70.9 Å². The summed E-state index contributed by atoms with van der Waals surface area (Å²) in [5.41, 5.74) is 7.91. The quantitative estimate of drug-likeness (QED) is 0.404. The third-order valence-electron chi connectivity index (χ3n) is 6.90. The van der Waals surface area contributed by atoms with E-state index in [1.54, 1.807) is 51.5 Å². The third kappa shape index (κ3) is 4.54. The largest absolute Gasteiger partial charge is 0.393 e. The van der Waals surface area contributed by atoms with Gasteiger partial charge in [-0.1, -0.05) is 0 Å². The van der Waals surface area contributed by atoms with Crippen LogP contribution in [0.2, 0.25) is 0 Å². The van der Waals surface area contributed by atoms with Gasteiger partial charge in [0.2, 0.25) is 0 Å². The highest BCUT2D eigenvalue weighted by Gasteiger charge is 2.37. The molecule has 3 aromatic rings. The molecule has 36 heavy (non-hydrogen) atoms. The Morgan fingerprint density at radius 3 is 2.42 bits per heavy atom. The second-order valence-electron chi connectivity index (χ2n) is 9.26. The number of nitrogens with zero attached hydrogens (tertiary/aromatic N) is 3. The number of carbonyl (C=O) groups excluding carboxylic acids is 3. The highest BCUT2D eigenvalue weighted by molar-refractivity contribution is 6.47. The summed E-state index contributed by atoms with van der Waals surface area (Å²) in [5, 5.41) is 9.98. The SMILES string of the molecule is Cc1cc(N(C(=O)C(=O)c2c(C)c(C(N)=O)c(-c3cccnc3)n2C)C2CCC(O)CC2)ccc1F. The Labute approximate surface area is 208 Å². The van der Waals surface area contributed by atoms with E-state index in [0.717, 1.165) is 0 Å². The maximum atomic E-state index is 14.0. The Morgan fingerprint density at radius 2 is 1.83 bits per heavy atom. The first-order valence-corrected chi connectivity index (χ1v) is 11.8. The van der Waals surface area contributed by atoms with Gasteiger partial charge in [0.05, 0.1) is 23.1 Å². The summed E-state index contributed by atoms with van der Waals surface area (Å²) < 4.78 is 15.5. The molecule has 1 aliphatic carbocycles. The first kappa shape index (κ1) is 25.2. The predicted molar refractivity (Wildman–Crippen MR) is 133 cm³/mol. The Hall–Kier alpha value is -3.85. The number of aromatic nitrogens is 2. The number of nitrogens with two attached hydrogens (primary N) is 1. The van der Waals surface area contributed by atoms with Gasteiger partial charge in [-0.05, 0) is 81.0 Å². The molecule has 0 bridgehead atoms. The van der Waals surface area contributed by atoms with Crippen molar-refractivity contribution in [2.75, 3.05) is 4.90 Å². The standard InChI is InChI=1S/C27H29FN4O4/c1-15-13-19(8-11-21(15)28)32(18-6-9-20(33)10-7-18)27(36)25(34)23-16(2)22(26(29)35)24(31(23)3)17-5-4-12-30-14-17/h4-5,8,11-14,18,20,33H,6-7,9-10H2,1-3H3,(H2,29,35). The number of Topliss-reactive ketones (excluding diaryl/α,β-unsaturated/α-hetero) is 1. The Morgan fingerprint density at radius 1 is 1.14 bits per heavy atom. The summed E-state index contributed by atoms with van der Waals surface area (Å²) in [6.45, 7) is 3.18. The van der Waals surface area contributed by atoms with Gasteiger partial charge in [-0.15, -0.1) is 0 Å². The van der Waals surface area contributed by atoms with Crippen molar-refractivity contribution in [2.45, 2.75) is 51.7 Å². The predicted octanol–water partition coefficient (Wildman–Crippen LogP) is 3.46. The van der Waals surface area contributed by atoms with Crippen LogP contribution >= 0.6 is 0 Å². The zero-order valence-corrected chi connectivity index (χ0v) is 20.5. The van der Waals surface area contributed by atoms with E-state index in [-0.39, 0.29) is 17.3 Å². The van der Waals surface area contributed by atoms with Crippen LogP contribution in [0.4, 0.5) is 10.1 Å². The maximum Gasteiger partial charge on any atom is 0.301 e. The van der Waals surface area contributed by atoms with Gasteiger partial charge in [0.1, 0.15) is 5.82 Å². The number of hydrogen-bond donors (Lipinski definition) is 2. The fraction of sp³-hybridized carbons (Fsp3) is 0.333. The van der Waals surface area contributed by atoms with E-state index in [1.165, 1.54) is 21.6 Å². The van der Waals surface area contributed by atoms with Gasteiger partial charge < -0.3 is 20.3 Å². The van der Waals surface area contributed by atoms with Gasteiger partial charge >= 0.3 is 5.91 Å².